The van der Waals surface area contributed by atoms with Crippen molar-refractivity contribution in [3.8, 4) is 12.3 Å². The van der Waals surface area contributed by atoms with Crippen LogP contribution in [-0.4, -0.2) is 6.54 Å². The molecular weight excluding hydrogens is 237 g/mol. The molecule has 0 saturated carbocycles. The molecule has 1 N–H and O–H groups in total. The van der Waals surface area contributed by atoms with Gasteiger partial charge in [-0.15, -0.1) is 12.3 Å². The quantitative estimate of drug-likeness (QED) is 0.635. The van der Waals surface area contributed by atoms with Crippen LogP contribution in [-0.2, 0) is 0 Å². The molecule has 0 heterocycles. The third kappa shape index (κ3) is 3.67. The second-order valence-electron chi connectivity index (χ2n) is 4.30. The zero-order valence-corrected chi connectivity index (χ0v) is 10.6. The summed E-state index contributed by atoms with van der Waals surface area (Å²) in [6.07, 6.45) is 5.94. The first-order valence-corrected chi connectivity index (χ1v) is 6.28. The average Bonchev–Trinajstić information content (AvgIpc) is 2.46. The van der Waals surface area contributed by atoms with Crippen molar-refractivity contribution in [1.29, 1.82) is 0 Å². The van der Waals surface area contributed by atoms with Crippen molar-refractivity contribution >= 4 is 0 Å². The highest BCUT2D eigenvalue weighted by atomic mass is 19.1. The van der Waals surface area contributed by atoms with Gasteiger partial charge in [0.05, 0.1) is 6.04 Å². The number of halogens is 1. The van der Waals surface area contributed by atoms with Crippen molar-refractivity contribution in [1.82, 2.24) is 5.32 Å². The Morgan fingerprint density at radius 2 is 1.63 bits per heavy atom. The summed E-state index contributed by atoms with van der Waals surface area (Å²) in [6, 6.07) is 16.7. The van der Waals surface area contributed by atoms with E-state index in [4.69, 9.17) is 6.42 Å². The summed E-state index contributed by atoms with van der Waals surface area (Å²) in [7, 11) is 0. The van der Waals surface area contributed by atoms with Crippen LogP contribution in [0, 0.1) is 18.2 Å². The van der Waals surface area contributed by atoms with E-state index in [0.717, 1.165) is 17.7 Å². The van der Waals surface area contributed by atoms with E-state index in [2.05, 4.69) is 23.4 Å². The monoisotopic (exact) mass is 253 g/mol. The zero-order chi connectivity index (χ0) is 13.5. The molecule has 0 aromatic heterocycles. The fourth-order valence-corrected chi connectivity index (χ4v) is 2.02. The molecule has 1 nitrogen and oxygen atoms in total. The molecule has 19 heavy (non-hydrogen) atoms. The molecule has 2 rings (SSSR count). The Morgan fingerprint density at radius 3 is 2.26 bits per heavy atom. The molecule has 0 spiro atoms. The largest absolute Gasteiger partial charge is 0.305 e. The first-order valence-electron chi connectivity index (χ1n) is 6.28. The van der Waals surface area contributed by atoms with Gasteiger partial charge in [-0.2, -0.15) is 0 Å². The Bertz CT molecular complexity index is 540. The summed E-state index contributed by atoms with van der Waals surface area (Å²) < 4.78 is 13.0. The van der Waals surface area contributed by atoms with Gasteiger partial charge in [0.25, 0.3) is 0 Å². The van der Waals surface area contributed by atoms with Crippen molar-refractivity contribution in [2.24, 2.45) is 0 Å². The van der Waals surface area contributed by atoms with E-state index in [9.17, 15) is 4.39 Å². The zero-order valence-electron chi connectivity index (χ0n) is 10.6. The molecule has 0 amide bonds. The van der Waals surface area contributed by atoms with Crippen LogP contribution in [0.15, 0.2) is 54.6 Å². The number of rotatable bonds is 5. The standard InChI is InChI=1S/C17H16FN/c1-2-3-13-19-17(14-7-5-4-6-8-14)15-9-11-16(18)12-10-15/h1,4-12,17,19H,3,13H2. The maximum atomic E-state index is 13.0. The number of hydrogen-bond acceptors (Lipinski definition) is 1. The van der Waals surface area contributed by atoms with Gasteiger partial charge >= 0.3 is 0 Å². The van der Waals surface area contributed by atoms with E-state index < -0.39 is 0 Å². The molecule has 0 bridgehead atoms. The molecule has 0 fully saturated rings. The van der Waals surface area contributed by atoms with Crippen LogP contribution in [0.5, 0.6) is 0 Å². The van der Waals surface area contributed by atoms with E-state index in [0.29, 0.717) is 6.42 Å². The predicted molar refractivity (Wildman–Crippen MR) is 76.1 cm³/mol. The molecular formula is C17H16FN. The van der Waals surface area contributed by atoms with Crippen LogP contribution in [0.4, 0.5) is 4.39 Å². The minimum absolute atomic E-state index is 0.0372. The summed E-state index contributed by atoms with van der Waals surface area (Å²) >= 11 is 0. The number of nitrogens with one attached hydrogen (secondary N) is 1. The first kappa shape index (κ1) is 13.3. The Morgan fingerprint density at radius 1 is 1.00 bits per heavy atom. The normalized spacial score (nSPS) is 11.8. The van der Waals surface area contributed by atoms with Crippen LogP contribution in [0.2, 0.25) is 0 Å². The number of terminal acetylenes is 1. The maximum Gasteiger partial charge on any atom is 0.123 e. The van der Waals surface area contributed by atoms with Crippen LogP contribution in [0.3, 0.4) is 0 Å². The van der Waals surface area contributed by atoms with Gasteiger partial charge in [-0.05, 0) is 23.3 Å². The molecule has 2 aromatic carbocycles. The average molecular weight is 253 g/mol. The fraction of sp³-hybridized carbons (Fsp3) is 0.176. The molecule has 0 saturated heterocycles. The second kappa shape index (κ2) is 6.72. The third-order valence-electron chi connectivity index (χ3n) is 2.95. The van der Waals surface area contributed by atoms with E-state index >= 15 is 0 Å². The second-order valence-corrected chi connectivity index (χ2v) is 4.30. The summed E-state index contributed by atoms with van der Waals surface area (Å²) in [6.45, 7) is 0.730. The number of benzene rings is 2. The van der Waals surface area contributed by atoms with Gasteiger partial charge in [-0.25, -0.2) is 4.39 Å². The molecule has 96 valence electrons. The van der Waals surface area contributed by atoms with Crippen LogP contribution >= 0.6 is 0 Å². The van der Waals surface area contributed by atoms with E-state index in [1.807, 2.05) is 18.2 Å². The van der Waals surface area contributed by atoms with Gasteiger partial charge in [0.15, 0.2) is 0 Å². The number of hydrogen-bond donors (Lipinski definition) is 1. The van der Waals surface area contributed by atoms with Crippen molar-refractivity contribution in [2.75, 3.05) is 6.54 Å². The SMILES string of the molecule is C#CCCNC(c1ccccc1)c1ccc(F)cc1. The Kier molecular flexibility index (Phi) is 4.72. The predicted octanol–water partition coefficient (Wildman–Crippen LogP) is 3.53. The molecule has 0 radical (unpaired) electrons. The summed E-state index contributed by atoms with van der Waals surface area (Å²) in [4.78, 5) is 0. The van der Waals surface area contributed by atoms with Gasteiger partial charge < -0.3 is 5.32 Å². The van der Waals surface area contributed by atoms with Gasteiger partial charge in [0, 0.05) is 13.0 Å². The lowest BCUT2D eigenvalue weighted by Gasteiger charge is -2.19. The van der Waals surface area contributed by atoms with E-state index in [-0.39, 0.29) is 11.9 Å². The Balaban J connectivity index is 2.24. The van der Waals surface area contributed by atoms with Gasteiger partial charge in [0.2, 0.25) is 0 Å². The summed E-state index contributed by atoms with van der Waals surface area (Å²) in [5.41, 5.74) is 2.18. The summed E-state index contributed by atoms with van der Waals surface area (Å²) in [5.74, 6) is 2.39. The highest BCUT2D eigenvalue weighted by Crippen LogP contribution is 2.22. The van der Waals surface area contributed by atoms with Crippen molar-refractivity contribution in [3.05, 3.63) is 71.5 Å². The molecule has 2 heteroatoms. The first-order chi connectivity index (χ1) is 9.31. The summed E-state index contributed by atoms with van der Waals surface area (Å²) in [5, 5.41) is 3.41. The topological polar surface area (TPSA) is 12.0 Å². The molecule has 1 unspecified atom stereocenters. The van der Waals surface area contributed by atoms with Crippen molar-refractivity contribution in [2.45, 2.75) is 12.5 Å². The van der Waals surface area contributed by atoms with Gasteiger partial charge in [-0.3, -0.25) is 0 Å². The van der Waals surface area contributed by atoms with Gasteiger partial charge in [-0.1, -0.05) is 42.5 Å². The molecule has 0 aliphatic rings. The minimum atomic E-state index is -0.223. The lowest BCUT2D eigenvalue weighted by atomic mass is 9.98. The van der Waals surface area contributed by atoms with Crippen molar-refractivity contribution < 1.29 is 4.39 Å². The van der Waals surface area contributed by atoms with E-state index in [1.165, 1.54) is 12.1 Å². The highest BCUT2D eigenvalue weighted by Gasteiger charge is 2.12. The van der Waals surface area contributed by atoms with Crippen LogP contribution < -0.4 is 5.32 Å². The fourth-order valence-electron chi connectivity index (χ4n) is 2.02. The Hall–Kier alpha value is -2.11. The lowest BCUT2D eigenvalue weighted by Crippen LogP contribution is -2.23. The Labute approximate surface area is 113 Å². The minimum Gasteiger partial charge on any atom is -0.305 e. The smallest absolute Gasteiger partial charge is 0.123 e. The molecule has 2 aromatic rings. The van der Waals surface area contributed by atoms with Crippen molar-refractivity contribution in [3.63, 3.8) is 0 Å². The van der Waals surface area contributed by atoms with Crippen LogP contribution in [0.1, 0.15) is 23.6 Å². The van der Waals surface area contributed by atoms with Crippen LogP contribution in [0.25, 0.3) is 0 Å². The molecule has 0 aliphatic carbocycles. The third-order valence-corrected chi connectivity index (χ3v) is 2.95. The van der Waals surface area contributed by atoms with Gasteiger partial charge in [0.1, 0.15) is 5.82 Å². The molecule has 0 aliphatic heterocycles. The maximum absolute atomic E-state index is 13.0. The lowest BCUT2D eigenvalue weighted by molar-refractivity contribution is 0.605. The van der Waals surface area contributed by atoms with E-state index in [1.54, 1.807) is 12.1 Å². The highest BCUT2D eigenvalue weighted by molar-refractivity contribution is 5.31. The molecule has 1 atom stereocenters.